The highest BCUT2D eigenvalue weighted by atomic mass is 35.5. The Hall–Kier alpha value is -2.76. The van der Waals surface area contributed by atoms with Crippen LogP contribution in [0.5, 0.6) is 0 Å². The molecule has 1 aromatic heterocycles. The number of unbranched alkanes of at least 4 members (excludes halogenated alkanes) is 3. The van der Waals surface area contributed by atoms with Crippen molar-refractivity contribution in [1.29, 1.82) is 0 Å². The van der Waals surface area contributed by atoms with Gasteiger partial charge in [0.05, 0.1) is 10.7 Å². The van der Waals surface area contributed by atoms with Gasteiger partial charge >= 0.3 is 0 Å². The first-order chi connectivity index (χ1) is 15.1. The van der Waals surface area contributed by atoms with Gasteiger partial charge in [-0.25, -0.2) is 0 Å². The Bertz CT molecular complexity index is 988. The predicted octanol–water partition coefficient (Wildman–Crippen LogP) is 7.85. The minimum absolute atomic E-state index is 0.504. The molecule has 0 radical (unpaired) electrons. The van der Waals surface area contributed by atoms with Gasteiger partial charge in [0.15, 0.2) is 0 Å². The molecule has 162 valence electrons. The Balaban J connectivity index is 2.39. The lowest BCUT2D eigenvalue weighted by Crippen LogP contribution is -1.94. The van der Waals surface area contributed by atoms with Gasteiger partial charge in [0.1, 0.15) is 6.11 Å². The van der Waals surface area contributed by atoms with E-state index < -0.39 is 0 Å². The van der Waals surface area contributed by atoms with E-state index in [-0.39, 0.29) is 0 Å². The zero-order chi connectivity index (χ0) is 22.5. The second-order valence-electron chi connectivity index (χ2n) is 7.46. The molecule has 1 heterocycles. The van der Waals surface area contributed by atoms with Crippen LogP contribution >= 0.6 is 11.6 Å². The van der Waals surface area contributed by atoms with Crippen LogP contribution in [0.4, 0.5) is 0 Å². The van der Waals surface area contributed by atoms with Crippen molar-refractivity contribution in [2.75, 3.05) is 0 Å². The number of hydrogen-bond acceptors (Lipinski definition) is 2. The quantitative estimate of drug-likeness (QED) is 0.235. The van der Waals surface area contributed by atoms with Crippen LogP contribution in [0, 0.1) is 12.0 Å². The van der Waals surface area contributed by atoms with E-state index in [0.29, 0.717) is 10.6 Å². The summed E-state index contributed by atoms with van der Waals surface area (Å²) in [5.41, 5.74) is 6.23. The van der Waals surface area contributed by atoms with Gasteiger partial charge < -0.3 is 5.11 Å². The van der Waals surface area contributed by atoms with Crippen LogP contribution in [-0.4, -0.2) is 10.1 Å². The third-order valence-corrected chi connectivity index (χ3v) is 5.59. The number of hydrogen-bond donors (Lipinski definition) is 1. The fraction of sp³-hybridized carbons (Fsp3) is 0.321. The molecule has 31 heavy (non-hydrogen) atoms. The van der Waals surface area contributed by atoms with Crippen LogP contribution in [0.1, 0.15) is 63.1 Å². The Labute approximate surface area is 192 Å². The smallest absolute Gasteiger partial charge is 0.113 e. The van der Waals surface area contributed by atoms with Gasteiger partial charge in [0.25, 0.3) is 0 Å². The lowest BCUT2D eigenvalue weighted by atomic mass is 9.99. The summed E-state index contributed by atoms with van der Waals surface area (Å²) in [6.07, 6.45) is 18.4. The van der Waals surface area contributed by atoms with Gasteiger partial charge in [-0.05, 0) is 55.4 Å². The van der Waals surface area contributed by atoms with Crippen LogP contribution in [0.3, 0.4) is 0 Å². The summed E-state index contributed by atoms with van der Waals surface area (Å²) in [6, 6.07) is 10.8. The normalized spacial score (nSPS) is 12.1. The van der Waals surface area contributed by atoms with Crippen molar-refractivity contribution in [3.05, 3.63) is 82.1 Å². The molecule has 0 saturated carbocycles. The summed E-state index contributed by atoms with van der Waals surface area (Å²) < 4.78 is 0. The molecule has 0 aliphatic carbocycles. The second-order valence-corrected chi connectivity index (χ2v) is 7.86. The van der Waals surface area contributed by atoms with Crippen molar-refractivity contribution in [3.8, 4) is 23.3 Å². The van der Waals surface area contributed by atoms with Gasteiger partial charge in [0, 0.05) is 22.9 Å². The first-order valence-corrected chi connectivity index (χ1v) is 11.4. The predicted molar refractivity (Wildman–Crippen MR) is 133 cm³/mol. The highest BCUT2D eigenvalue weighted by Gasteiger charge is 2.07. The highest BCUT2D eigenvalue weighted by molar-refractivity contribution is 6.32. The number of allylic oxidation sites excluding steroid dienone is 5. The monoisotopic (exact) mass is 433 g/mol. The number of benzene rings is 1. The molecule has 0 bridgehead atoms. The first kappa shape index (κ1) is 24.5. The molecule has 3 heteroatoms. The molecule has 0 aliphatic heterocycles. The summed E-state index contributed by atoms with van der Waals surface area (Å²) in [6.45, 7) is 6.22. The minimum Gasteiger partial charge on any atom is -0.462 e. The number of halogens is 1. The minimum atomic E-state index is 0.504. The van der Waals surface area contributed by atoms with E-state index in [4.69, 9.17) is 21.7 Å². The number of aromatic nitrogens is 1. The summed E-state index contributed by atoms with van der Waals surface area (Å²) in [5, 5.41) is 9.47. The van der Waals surface area contributed by atoms with Gasteiger partial charge in [-0.3, -0.25) is 4.98 Å². The van der Waals surface area contributed by atoms with Gasteiger partial charge in [-0.1, -0.05) is 87.2 Å². The number of aryl methyl sites for hydroxylation is 2. The lowest BCUT2D eigenvalue weighted by molar-refractivity contribution is 0.517. The molecular weight excluding hydrogens is 402 g/mol. The van der Waals surface area contributed by atoms with E-state index in [9.17, 15) is 0 Å². The Kier molecular flexibility index (Phi) is 10.7. The Morgan fingerprint density at radius 3 is 2.52 bits per heavy atom. The number of aliphatic hydroxyl groups excluding tert-OH is 1. The molecule has 1 aromatic carbocycles. The topological polar surface area (TPSA) is 33.1 Å². The van der Waals surface area contributed by atoms with Crippen LogP contribution in [0.15, 0.2) is 65.4 Å². The molecule has 0 aliphatic rings. The first-order valence-electron chi connectivity index (χ1n) is 11.1. The standard InChI is InChI=1S/C28H32ClNO/c1-4-7-8-9-11-23-20-26(13-10-12-24(18-19-31)27(29)6-3)28(30-21-23)25-16-14-22(5-2)15-17-25/h6,10,12-17,20-21,31H,4-5,7-9,11H2,1-3H3/b13-10+,24-12-,27-6+. The maximum atomic E-state index is 8.97. The highest BCUT2D eigenvalue weighted by Crippen LogP contribution is 2.25. The van der Waals surface area contributed by atoms with Crippen LogP contribution in [-0.2, 0) is 12.8 Å². The Morgan fingerprint density at radius 2 is 1.87 bits per heavy atom. The molecular formula is C28H32ClNO. The SMILES string of the molecule is C\C=C(Cl)/C(C#CO)=C\C=C\c1cc(CCCCCC)cnc1-c1ccc(CC)cc1. The zero-order valence-electron chi connectivity index (χ0n) is 18.8. The van der Waals surface area contributed by atoms with Crippen molar-refractivity contribution in [3.63, 3.8) is 0 Å². The maximum Gasteiger partial charge on any atom is 0.113 e. The van der Waals surface area contributed by atoms with E-state index in [0.717, 1.165) is 29.7 Å². The molecule has 0 saturated heterocycles. The number of aliphatic hydroxyl groups is 1. The Morgan fingerprint density at radius 1 is 1.10 bits per heavy atom. The van der Waals surface area contributed by atoms with Gasteiger partial charge in [0.2, 0.25) is 0 Å². The molecule has 2 nitrogen and oxygen atoms in total. The van der Waals surface area contributed by atoms with Gasteiger partial charge in [-0.15, -0.1) is 0 Å². The number of rotatable bonds is 10. The number of pyridine rings is 1. The van der Waals surface area contributed by atoms with E-state index in [1.54, 1.807) is 6.08 Å². The summed E-state index contributed by atoms with van der Waals surface area (Å²) in [4.78, 5) is 4.81. The van der Waals surface area contributed by atoms with Crippen molar-refractivity contribution >= 4 is 17.7 Å². The van der Waals surface area contributed by atoms with Crippen LogP contribution in [0.2, 0.25) is 0 Å². The van der Waals surface area contributed by atoms with E-state index in [2.05, 4.69) is 50.1 Å². The lowest BCUT2D eigenvalue weighted by Gasteiger charge is -2.09. The van der Waals surface area contributed by atoms with Crippen molar-refractivity contribution in [2.45, 2.75) is 59.3 Å². The molecule has 0 unspecified atom stereocenters. The van der Waals surface area contributed by atoms with Gasteiger partial charge in [-0.2, -0.15) is 0 Å². The second kappa shape index (κ2) is 13.5. The molecule has 2 aromatic rings. The molecule has 0 fully saturated rings. The summed E-state index contributed by atoms with van der Waals surface area (Å²) in [5.74, 6) is 2.63. The van der Waals surface area contributed by atoms with E-state index >= 15 is 0 Å². The fourth-order valence-electron chi connectivity index (χ4n) is 3.33. The van der Waals surface area contributed by atoms with Crippen molar-refractivity contribution in [2.24, 2.45) is 0 Å². The maximum absolute atomic E-state index is 8.97. The molecule has 2 rings (SSSR count). The van der Waals surface area contributed by atoms with Crippen LogP contribution < -0.4 is 0 Å². The van der Waals surface area contributed by atoms with E-state index in [1.807, 2.05) is 37.5 Å². The largest absolute Gasteiger partial charge is 0.462 e. The molecule has 0 amide bonds. The molecule has 0 spiro atoms. The third kappa shape index (κ3) is 7.78. The molecule has 0 atom stereocenters. The zero-order valence-corrected chi connectivity index (χ0v) is 19.5. The van der Waals surface area contributed by atoms with Crippen LogP contribution in [0.25, 0.3) is 17.3 Å². The van der Waals surface area contributed by atoms with E-state index in [1.165, 1.54) is 36.8 Å². The van der Waals surface area contributed by atoms with Crippen molar-refractivity contribution < 1.29 is 5.11 Å². The molecule has 1 N–H and O–H groups in total. The third-order valence-electron chi connectivity index (χ3n) is 5.17. The number of nitrogens with zero attached hydrogens (tertiary/aromatic N) is 1. The van der Waals surface area contributed by atoms with Crippen molar-refractivity contribution in [1.82, 2.24) is 4.98 Å². The summed E-state index contributed by atoms with van der Waals surface area (Å²) >= 11 is 6.19. The fourth-order valence-corrected chi connectivity index (χ4v) is 3.44. The average Bonchev–Trinajstić information content (AvgIpc) is 2.81. The summed E-state index contributed by atoms with van der Waals surface area (Å²) in [7, 11) is 0. The average molecular weight is 434 g/mol.